The van der Waals surface area contributed by atoms with Crippen LogP contribution in [-0.4, -0.2) is 21.5 Å². The smallest absolute Gasteiger partial charge is 0.182 e. The van der Waals surface area contributed by atoms with Crippen molar-refractivity contribution in [2.24, 2.45) is 0 Å². The van der Waals surface area contributed by atoms with Crippen LogP contribution in [0.15, 0.2) is 10.9 Å². The Balaban J connectivity index is 2.27. The molecule has 0 unspecified atom stereocenters. The van der Waals surface area contributed by atoms with E-state index in [1.807, 2.05) is 5.38 Å². The van der Waals surface area contributed by atoms with Crippen molar-refractivity contribution in [3.8, 4) is 11.5 Å². The fourth-order valence-corrected chi connectivity index (χ4v) is 3.54. The molecule has 3 aromatic heterocycles. The highest BCUT2D eigenvalue weighted by molar-refractivity contribution is 7.18. The lowest BCUT2D eigenvalue weighted by Crippen LogP contribution is -2.02. The summed E-state index contributed by atoms with van der Waals surface area (Å²) in [5.41, 5.74) is 3.91. The van der Waals surface area contributed by atoms with Crippen molar-refractivity contribution in [3.63, 3.8) is 0 Å². The minimum Gasteiger partial charge on any atom is -0.370 e. The molecule has 0 saturated heterocycles. The maximum Gasteiger partial charge on any atom is 0.182 e. The molecule has 0 aliphatic heterocycles. The largest absolute Gasteiger partial charge is 0.370 e. The molecule has 1 N–H and O–H groups in total. The number of hydrogen-bond acceptors (Lipinski definition) is 6. The summed E-state index contributed by atoms with van der Waals surface area (Å²) in [5.74, 6) is 1.61. The quantitative estimate of drug-likeness (QED) is 0.795. The normalized spacial score (nSPS) is 11.1. The summed E-state index contributed by atoms with van der Waals surface area (Å²) in [4.78, 5) is 15.9. The van der Waals surface area contributed by atoms with E-state index in [0.717, 1.165) is 28.3 Å². The molecule has 0 atom stereocenters. The van der Waals surface area contributed by atoms with Crippen molar-refractivity contribution in [1.82, 2.24) is 15.0 Å². The lowest BCUT2D eigenvalue weighted by Gasteiger charge is -2.06. The van der Waals surface area contributed by atoms with Crippen molar-refractivity contribution in [1.29, 1.82) is 0 Å². The maximum absolute atomic E-state index is 4.65. The number of aryl methyl sites for hydroxylation is 2. The Morgan fingerprint density at radius 3 is 2.79 bits per heavy atom. The zero-order valence-electron chi connectivity index (χ0n) is 11.0. The number of nitrogens with zero attached hydrogens (tertiary/aromatic N) is 3. The number of anilines is 1. The highest BCUT2D eigenvalue weighted by atomic mass is 32.1. The molecular formula is C13H14N4S2. The summed E-state index contributed by atoms with van der Waals surface area (Å²) in [6.45, 7) is 7.17. The van der Waals surface area contributed by atoms with Crippen molar-refractivity contribution in [2.45, 2.75) is 20.8 Å². The SMILES string of the molecule is CCNc1nc(-c2cscn2)nc2sc(C)c(C)c12. The van der Waals surface area contributed by atoms with Gasteiger partial charge in [-0.05, 0) is 26.3 Å². The molecule has 3 heterocycles. The van der Waals surface area contributed by atoms with Gasteiger partial charge < -0.3 is 5.32 Å². The summed E-state index contributed by atoms with van der Waals surface area (Å²) < 4.78 is 0. The van der Waals surface area contributed by atoms with Gasteiger partial charge in [-0.2, -0.15) is 0 Å². The highest BCUT2D eigenvalue weighted by Gasteiger charge is 2.15. The summed E-state index contributed by atoms with van der Waals surface area (Å²) >= 11 is 3.27. The van der Waals surface area contributed by atoms with Gasteiger partial charge in [-0.25, -0.2) is 15.0 Å². The van der Waals surface area contributed by atoms with Crippen LogP contribution in [0.3, 0.4) is 0 Å². The van der Waals surface area contributed by atoms with Gasteiger partial charge in [0.1, 0.15) is 16.3 Å². The first kappa shape index (κ1) is 12.5. The molecule has 0 amide bonds. The predicted octanol–water partition coefficient (Wildman–Crippen LogP) is 3.86. The van der Waals surface area contributed by atoms with E-state index in [1.54, 1.807) is 28.2 Å². The summed E-state index contributed by atoms with van der Waals surface area (Å²) in [6, 6.07) is 0. The van der Waals surface area contributed by atoms with E-state index in [1.165, 1.54) is 10.4 Å². The van der Waals surface area contributed by atoms with Gasteiger partial charge in [0, 0.05) is 16.8 Å². The zero-order chi connectivity index (χ0) is 13.4. The van der Waals surface area contributed by atoms with E-state index >= 15 is 0 Å². The lowest BCUT2D eigenvalue weighted by atomic mass is 10.2. The third-order valence-electron chi connectivity index (χ3n) is 3.03. The molecule has 3 aromatic rings. The lowest BCUT2D eigenvalue weighted by molar-refractivity contribution is 1.14. The Morgan fingerprint density at radius 2 is 2.11 bits per heavy atom. The van der Waals surface area contributed by atoms with Crippen LogP contribution >= 0.6 is 22.7 Å². The highest BCUT2D eigenvalue weighted by Crippen LogP contribution is 2.34. The molecule has 6 heteroatoms. The van der Waals surface area contributed by atoms with E-state index < -0.39 is 0 Å². The zero-order valence-corrected chi connectivity index (χ0v) is 12.7. The third kappa shape index (κ3) is 2.11. The first-order valence-corrected chi connectivity index (χ1v) is 7.86. The van der Waals surface area contributed by atoms with Gasteiger partial charge in [-0.3, -0.25) is 0 Å². The Morgan fingerprint density at radius 1 is 1.26 bits per heavy atom. The average Bonchev–Trinajstić information content (AvgIpc) is 2.99. The first-order valence-electron chi connectivity index (χ1n) is 6.11. The van der Waals surface area contributed by atoms with E-state index in [2.05, 4.69) is 41.0 Å². The molecule has 0 fully saturated rings. The molecule has 98 valence electrons. The third-order valence-corrected chi connectivity index (χ3v) is 4.72. The number of fused-ring (bicyclic) bond motifs is 1. The molecule has 0 saturated carbocycles. The Hall–Kier alpha value is -1.53. The van der Waals surface area contributed by atoms with E-state index in [-0.39, 0.29) is 0 Å². The molecule has 3 rings (SSSR count). The maximum atomic E-state index is 4.65. The number of thiophene rings is 1. The van der Waals surface area contributed by atoms with Crippen LogP contribution in [0.2, 0.25) is 0 Å². The molecule has 0 aliphatic rings. The first-order chi connectivity index (χ1) is 9.20. The summed E-state index contributed by atoms with van der Waals surface area (Å²) in [5, 5.41) is 6.46. The van der Waals surface area contributed by atoms with E-state index in [0.29, 0.717) is 5.82 Å². The van der Waals surface area contributed by atoms with Gasteiger partial charge in [0.05, 0.1) is 10.9 Å². The minimum absolute atomic E-state index is 0.700. The van der Waals surface area contributed by atoms with Gasteiger partial charge in [-0.1, -0.05) is 0 Å². The minimum atomic E-state index is 0.700. The van der Waals surface area contributed by atoms with Gasteiger partial charge in [0.25, 0.3) is 0 Å². The van der Waals surface area contributed by atoms with Gasteiger partial charge in [0.2, 0.25) is 0 Å². The monoisotopic (exact) mass is 290 g/mol. The van der Waals surface area contributed by atoms with Crippen LogP contribution in [-0.2, 0) is 0 Å². The molecule has 0 spiro atoms. The summed E-state index contributed by atoms with van der Waals surface area (Å²) in [6.07, 6.45) is 0. The second-order valence-electron chi connectivity index (χ2n) is 4.26. The number of thiazole rings is 1. The van der Waals surface area contributed by atoms with Gasteiger partial charge >= 0.3 is 0 Å². The molecule has 19 heavy (non-hydrogen) atoms. The fourth-order valence-electron chi connectivity index (χ4n) is 1.98. The van der Waals surface area contributed by atoms with Crippen LogP contribution in [0.5, 0.6) is 0 Å². The van der Waals surface area contributed by atoms with Crippen LogP contribution in [0.1, 0.15) is 17.4 Å². The average molecular weight is 290 g/mol. The molecule has 0 aliphatic carbocycles. The van der Waals surface area contributed by atoms with Crippen LogP contribution < -0.4 is 5.32 Å². The van der Waals surface area contributed by atoms with E-state index in [4.69, 9.17) is 0 Å². The summed E-state index contributed by atoms with van der Waals surface area (Å²) in [7, 11) is 0. The number of rotatable bonds is 3. The number of nitrogens with one attached hydrogen (secondary N) is 1. The van der Waals surface area contributed by atoms with Crippen molar-refractivity contribution < 1.29 is 0 Å². The van der Waals surface area contributed by atoms with Crippen LogP contribution in [0.25, 0.3) is 21.7 Å². The van der Waals surface area contributed by atoms with Gasteiger partial charge in [-0.15, -0.1) is 22.7 Å². The van der Waals surface area contributed by atoms with Gasteiger partial charge in [0.15, 0.2) is 5.82 Å². The van der Waals surface area contributed by atoms with Crippen LogP contribution in [0, 0.1) is 13.8 Å². The molecule has 4 nitrogen and oxygen atoms in total. The topological polar surface area (TPSA) is 50.7 Å². The predicted molar refractivity (Wildman–Crippen MR) is 82.2 cm³/mol. The molecule has 0 bridgehead atoms. The Bertz CT molecular complexity index is 716. The van der Waals surface area contributed by atoms with Crippen molar-refractivity contribution in [2.75, 3.05) is 11.9 Å². The van der Waals surface area contributed by atoms with Crippen molar-refractivity contribution in [3.05, 3.63) is 21.3 Å². The Labute approximate surface area is 119 Å². The fraction of sp³-hybridized carbons (Fsp3) is 0.308. The Kier molecular flexibility index (Phi) is 3.20. The molecule has 0 radical (unpaired) electrons. The second-order valence-corrected chi connectivity index (χ2v) is 6.19. The van der Waals surface area contributed by atoms with Crippen LogP contribution in [0.4, 0.5) is 5.82 Å². The number of hydrogen-bond donors (Lipinski definition) is 1. The second kappa shape index (κ2) is 4.86. The molecular weight excluding hydrogens is 276 g/mol. The standard InChI is InChI=1S/C13H14N4S2/c1-4-14-12-10-7(2)8(3)19-13(10)17-11(16-12)9-5-18-6-15-9/h5-6H,4H2,1-3H3,(H,14,16,17). The number of aromatic nitrogens is 3. The molecule has 0 aromatic carbocycles. The van der Waals surface area contributed by atoms with E-state index in [9.17, 15) is 0 Å². The van der Waals surface area contributed by atoms with Crippen molar-refractivity contribution >= 4 is 38.7 Å².